The maximum absolute atomic E-state index is 13.0. The highest BCUT2D eigenvalue weighted by Gasteiger charge is 2.41. The van der Waals surface area contributed by atoms with Gasteiger partial charge in [-0.15, -0.1) is 0 Å². The highest BCUT2D eigenvalue weighted by molar-refractivity contribution is 6.13. The van der Waals surface area contributed by atoms with Crippen LogP contribution in [0.25, 0.3) is 5.65 Å². The zero-order valence-corrected chi connectivity index (χ0v) is 13.8. The van der Waals surface area contributed by atoms with Crippen molar-refractivity contribution in [3.05, 3.63) is 29.7 Å². The van der Waals surface area contributed by atoms with Crippen molar-refractivity contribution < 1.29 is 22.8 Å². The third-order valence-corrected chi connectivity index (χ3v) is 4.77. The van der Waals surface area contributed by atoms with Crippen LogP contribution < -0.4 is 10.6 Å². The molecule has 3 heterocycles. The molecule has 2 fully saturated rings. The van der Waals surface area contributed by atoms with Crippen LogP contribution >= 0.6 is 0 Å². The molecule has 0 spiro atoms. The van der Waals surface area contributed by atoms with Crippen LogP contribution in [0.5, 0.6) is 0 Å². The summed E-state index contributed by atoms with van der Waals surface area (Å²) in [4.78, 5) is 30.4. The SMILES string of the molecule is CN1C(=O)CN(c2cc(C3CC3)cn3cc(C(N)C(F)(F)F)nc23)C1=O. The van der Waals surface area contributed by atoms with E-state index >= 15 is 0 Å². The first kappa shape index (κ1) is 16.8. The summed E-state index contributed by atoms with van der Waals surface area (Å²) in [6.45, 7) is -0.174. The first-order valence-electron chi connectivity index (χ1n) is 8.09. The number of nitrogens with two attached hydrogens (primary N) is 1. The number of urea groups is 1. The third kappa shape index (κ3) is 2.61. The zero-order chi connectivity index (χ0) is 18.8. The average Bonchev–Trinajstić information content (AvgIpc) is 3.29. The highest BCUT2D eigenvalue weighted by atomic mass is 19.4. The number of pyridine rings is 1. The maximum Gasteiger partial charge on any atom is 0.409 e. The van der Waals surface area contributed by atoms with Gasteiger partial charge in [0.15, 0.2) is 5.65 Å². The van der Waals surface area contributed by atoms with Crippen LogP contribution in [0.2, 0.25) is 0 Å². The van der Waals surface area contributed by atoms with Gasteiger partial charge >= 0.3 is 12.2 Å². The summed E-state index contributed by atoms with van der Waals surface area (Å²) in [5.74, 6) is -0.0878. The lowest BCUT2D eigenvalue weighted by atomic mass is 10.1. The van der Waals surface area contributed by atoms with Crippen molar-refractivity contribution >= 4 is 23.3 Å². The molecule has 2 aromatic heterocycles. The molecule has 7 nitrogen and oxygen atoms in total. The van der Waals surface area contributed by atoms with E-state index in [-0.39, 0.29) is 23.8 Å². The van der Waals surface area contributed by atoms with Crippen LogP contribution in [-0.4, -0.2) is 46.0 Å². The quantitative estimate of drug-likeness (QED) is 0.843. The van der Waals surface area contributed by atoms with Gasteiger partial charge in [0.25, 0.3) is 0 Å². The highest BCUT2D eigenvalue weighted by Crippen LogP contribution is 2.42. The number of rotatable bonds is 3. The van der Waals surface area contributed by atoms with Gasteiger partial charge < -0.3 is 10.1 Å². The fraction of sp³-hybridized carbons (Fsp3) is 0.438. The van der Waals surface area contributed by atoms with E-state index < -0.39 is 18.2 Å². The van der Waals surface area contributed by atoms with Gasteiger partial charge in [-0.2, -0.15) is 13.2 Å². The Morgan fingerprint density at radius 2 is 1.96 bits per heavy atom. The molecule has 26 heavy (non-hydrogen) atoms. The van der Waals surface area contributed by atoms with Crippen LogP contribution in [-0.2, 0) is 4.79 Å². The fourth-order valence-corrected chi connectivity index (χ4v) is 3.06. The van der Waals surface area contributed by atoms with Crippen LogP contribution in [0, 0.1) is 0 Å². The van der Waals surface area contributed by atoms with Gasteiger partial charge in [-0.1, -0.05) is 0 Å². The number of imide groups is 1. The lowest BCUT2D eigenvalue weighted by Crippen LogP contribution is -2.30. The Morgan fingerprint density at radius 3 is 2.50 bits per heavy atom. The Labute approximate surface area is 146 Å². The molecule has 1 aliphatic carbocycles. The standard InChI is InChI=1S/C16H16F3N5O2/c1-22-12(25)7-24(15(22)26)11-4-9(8-2-3-8)5-23-6-10(21-14(11)23)13(20)16(17,18)19/h4-6,8,13H,2-3,7,20H2,1H3. The fourth-order valence-electron chi connectivity index (χ4n) is 3.06. The van der Waals surface area contributed by atoms with Gasteiger partial charge in [0.2, 0.25) is 5.91 Å². The molecule has 0 aromatic carbocycles. The second kappa shape index (κ2) is 5.44. The Morgan fingerprint density at radius 1 is 1.27 bits per heavy atom. The van der Waals surface area contributed by atoms with E-state index in [1.54, 1.807) is 12.3 Å². The molecule has 1 saturated heterocycles. The number of halogens is 3. The van der Waals surface area contributed by atoms with E-state index in [1.165, 1.54) is 22.5 Å². The summed E-state index contributed by atoms with van der Waals surface area (Å²) in [5, 5.41) is 0. The van der Waals surface area contributed by atoms with Crippen LogP contribution in [0.4, 0.5) is 23.7 Å². The van der Waals surface area contributed by atoms with Crippen molar-refractivity contribution in [1.82, 2.24) is 14.3 Å². The van der Waals surface area contributed by atoms with E-state index in [1.807, 2.05) is 0 Å². The second-order valence-electron chi connectivity index (χ2n) is 6.67. The van der Waals surface area contributed by atoms with Gasteiger partial charge in [0, 0.05) is 19.4 Å². The van der Waals surface area contributed by atoms with Crippen LogP contribution in [0.15, 0.2) is 18.5 Å². The van der Waals surface area contributed by atoms with E-state index in [0.717, 1.165) is 23.3 Å². The molecule has 4 rings (SSSR count). The molecule has 3 amide bonds. The van der Waals surface area contributed by atoms with Gasteiger partial charge in [0.1, 0.15) is 12.6 Å². The van der Waals surface area contributed by atoms with Gasteiger partial charge in [-0.3, -0.25) is 14.6 Å². The molecule has 1 saturated carbocycles. The van der Waals surface area contributed by atoms with Crippen molar-refractivity contribution in [1.29, 1.82) is 0 Å². The van der Waals surface area contributed by atoms with Crippen molar-refractivity contribution in [2.24, 2.45) is 5.73 Å². The Balaban J connectivity index is 1.86. The van der Waals surface area contributed by atoms with Crippen molar-refractivity contribution in [2.75, 3.05) is 18.5 Å². The zero-order valence-electron chi connectivity index (χ0n) is 13.8. The average molecular weight is 367 g/mol. The second-order valence-corrected chi connectivity index (χ2v) is 6.67. The van der Waals surface area contributed by atoms with Crippen LogP contribution in [0.3, 0.4) is 0 Å². The molecule has 1 aliphatic heterocycles. The third-order valence-electron chi connectivity index (χ3n) is 4.77. The molecular weight excluding hydrogens is 351 g/mol. The summed E-state index contributed by atoms with van der Waals surface area (Å²) in [6, 6.07) is -1.03. The monoisotopic (exact) mass is 367 g/mol. The number of alkyl halides is 3. The van der Waals surface area contributed by atoms with Gasteiger partial charge in [-0.25, -0.2) is 9.78 Å². The molecular formula is C16H16F3N5O2. The van der Waals surface area contributed by atoms with Gasteiger partial charge in [-0.05, 0) is 30.4 Å². The number of carbonyl (C=O) groups excluding carboxylic acids is 2. The van der Waals surface area contributed by atoms with E-state index in [0.29, 0.717) is 11.6 Å². The Kier molecular flexibility index (Phi) is 3.52. The molecule has 0 bridgehead atoms. The number of nitrogens with zero attached hydrogens (tertiary/aromatic N) is 4. The van der Waals surface area contributed by atoms with Crippen molar-refractivity contribution in [2.45, 2.75) is 31.0 Å². The normalized spacial score (nSPS) is 19.7. The number of amides is 3. The number of carbonyl (C=O) groups is 2. The number of likely N-dealkylation sites (N-methyl/N-ethyl adjacent to an activating group) is 1. The van der Waals surface area contributed by atoms with E-state index in [4.69, 9.17) is 5.73 Å². The number of hydrogen-bond acceptors (Lipinski definition) is 4. The summed E-state index contributed by atoms with van der Waals surface area (Å²) < 4.78 is 40.3. The molecule has 2 aliphatic rings. The Bertz CT molecular complexity index is 918. The predicted molar refractivity (Wildman–Crippen MR) is 85.7 cm³/mol. The van der Waals surface area contributed by atoms with E-state index in [2.05, 4.69) is 4.98 Å². The summed E-state index contributed by atoms with van der Waals surface area (Å²) >= 11 is 0. The lowest BCUT2D eigenvalue weighted by molar-refractivity contribution is -0.149. The van der Waals surface area contributed by atoms with Crippen molar-refractivity contribution in [3.8, 4) is 0 Å². The minimum atomic E-state index is -4.63. The van der Waals surface area contributed by atoms with Crippen molar-refractivity contribution in [3.63, 3.8) is 0 Å². The Hall–Kier alpha value is -2.62. The summed E-state index contributed by atoms with van der Waals surface area (Å²) in [5.41, 5.74) is 6.32. The minimum Gasteiger partial charge on any atom is -0.315 e. The topological polar surface area (TPSA) is 83.9 Å². The number of aromatic nitrogens is 2. The molecule has 10 heteroatoms. The molecule has 138 valence electrons. The summed E-state index contributed by atoms with van der Waals surface area (Å²) in [7, 11) is 1.36. The minimum absolute atomic E-state index is 0.167. The number of anilines is 1. The molecule has 1 atom stereocenters. The summed E-state index contributed by atoms with van der Waals surface area (Å²) in [6.07, 6.45) is 0.261. The largest absolute Gasteiger partial charge is 0.409 e. The number of hydrogen-bond donors (Lipinski definition) is 1. The molecule has 2 aromatic rings. The molecule has 0 radical (unpaired) electrons. The number of imidazole rings is 1. The maximum atomic E-state index is 13.0. The van der Waals surface area contributed by atoms with Crippen LogP contribution in [0.1, 0.15) is 36.1 Å². The lowest BCUT2D eigenvalue weighted by Gasteiger charge is -2.17. The molecule has 2 N–H and O–H groups in total. The predicted octanol–water partition coefficient (Wildman–Crippen LogP) is 2.17. The smallest absolute Gasteiger partial charge is 0.315 e. The first-order valence-corrected chi connectivity index (χ1v) is 8.09. The van der Waals surface area contributed by atoms with E-state index in [9.17, 15) is 22.8 Å². The van der Waals surface area contributed by atoms with Gasteiger partial charge in [0.05, 0.1) is 11.4 Å². The molecule has 1 unspecified atom stereocenters. The first-order chi connectivity index (χ1) is 12.2. The number of fused-ring (bicyclic) bond motifs is 1.